The molecule has 2 heterocycles. The Morgan fingerprint density at radius 2 is 2.26 bits per heavy atom. The summed E-state index contributed by atoms with van der Waals surface area (Å²) in [4.78, 5) is 10.7. The van der Waals surface area contributed by atoms with Crippen molar-refractivity contribution in [1.82, 2.24) is 35.2 Å². The number of aromatic nitrogens is 7. The van der Waals surface area contributed by atoms with E-state index >= 15 is 0 Å². The second-order valence-electron chi connectivity index (χ2n) is 4.16. The number of thioether (sulfide) groups is 1. The van der Waals surface area contributed by atoms with Crippen molar-refractivity contribution >= 4 is 17.7 Å². The van der Waals surface area contributed by atoms with Crippen LogP contribution < -0.4 is 0 Å². The number of hydrogen-bond donors (Lipinski definition) is 1. The minimum Gasteiger partial charge on any atom is -0.476 e. The predicted octanol–water partition coefficient (Wildman–Crippen LogP) is 0.0900. The van der Waals surface area contributed by atoms with Crippen LogP contribution in [0.4, 0.5) is 0 Å². The number of aryl methyl sites for hydroxylation is 1. The molecule has 0 amide bonds. The van der Waals surface area contributed by atoms with E-state index in [4.69, 9.17) is 5.11 Å². The van der Waals surface area contributed by atoms with Crippen molar-refractivity contribution in [2.75, 3.05) is 5.75 Å². The second kappa shape index (κ2) is 4.96. The van der Waals surface area contributed by atoms with Crippen LogP contribution in [0.15, 0.2) is 11.4 Å². The zero-order valence-electron chi connectivity index (χ0n) is 9.88. The van der Waals surface area contributed by atoms with Crippen molar-refractivity contribution in [3.05, 3.63) is 11.9 Å². The van der Waals surface area contributed by atoms with Gasteiger partial charge in [0.15, 0.2) is 5.69 Å². The van der Waals surface area contributed by atoms with Gasteiger partial charge in [0.1, 0.15) is 0 Å². The lowest BCUT2D eigenvalue weighted by atomic mass is 10.5. The predicted molar refractivity (Wildman–Crippen MR) is 63.8 cm³/mol. The quantitative estimate of drug-likeness (QED) is 0.741. The molecule has 19 heavy (non-hydrogen) atoms. The van der Waals surface area contributed by atoms with E-state index in [9.17, 15) is 4.79 Å². The third-order valence-electron chi connectivity index (χ3n) is 2.66. The number of nitrogens with zero attached hydrogens (tertiary/aromatic N) is 7. The Hall–Kier alpha value is -1.97. The molecule has 0 spiro atoms. The van der Waals surface area contributed by atoms with Crippen molar-refractivity contribution in [2.24, 2.45) is 0 Å². The first-order valence-corrected chi connectivity index (χ1v) is 6.76. The van der Waals surface area contributed by atoms with E-state index in [0.29, 0.717) is 18.3 Å². The van der Waals surface area contributed by atoms with E-state index in [1.165, 1.54) is 22.6 Å². The second-order valence-corrected chi connectivity index (χ2v) is 5.22. The average molecular weight is 281 g/mol. The summed E-state index contributed by atoms with van der Waals surface area (Å²) in [5, 5.41) is 28.4. The fraction of sp³-hybridized carbons (Fsp3) is 0.556. The Balaban J connectivity index is 1.54. The Kier molecular flexibility index (Phi) is 3.15. The number of tetrazole rings is 1. The molecule has 0 saturated heterocycles. The standard InChI is InChI=1S/C9H11N7O2S/c17-8(18)7-5-15(13-10-7)3-4-19-9-11-12-14-16(9)6-1-2-6/h5-6H,1-4H2,(H,17,18). The highest BCUT2D eigenvalue weighted by Gasteiger charge is 2.27. The van der Waals surface area contributed by atoms with Crippen LogP contribution in [0.2, 0.25) is 0 Å². The van der Waals surface area contributed by atoms with E-state index in [2.05, 4.69) is 25.8 Å². The lowest BCUT2D eigenvalue weighted by Crippen LogP contribution is -2.04. The highest BCUT2D eigenvalue weighted by atomic mass is 32.2. The van der Waals surface area contributed by atoms with Gasteiger partial charge in [0.05, 0.1) is 18.8 Å². The van der Waals surface area contributed by atoms with Crippen LogP contribution in [-0.2, 0) is 6.54 Å². The van der Waals surface area contributed by atoms with Crippen molar-refractivity contribution in [2.45, 2.75) is 30.6 Å². The summed E-state index contributed by atoms with van der Waals surface area (Å²) in [6, 6.07) is 0.447. The molecule has 1 saturated carbocycles. The molecular formula is C9H11N7O2S. The molecule has 0 atom stereocenters. The van der Waals surface area contributed by atoms with Gasteiger partial charge in [-0.05, 0) is 23.3 Å². The number of carbonyl (C=O) groups is 1. The van der Waals surface area contributed by atoms with Crippen molar-refractivity contribution in [1.29, 1.82) is 0 Å². The van der Waals surface area contributed by atoms with E-state index in [-0.39, 0.29) is 5.69 Å². The number of hydrogen-bond acceptors (Lipinski definition) is 7. The minimum atomic E-state index is -1.07. The maximum atomic E-state index is 10.7. The number of carboxylic acid groups (broad SMARTS) is 1. The third-order valence-corrected chi connectivity index (χ3v) is 3.58. The van der Waals surface area contributed by atoms with Crippen molar-refractivity contribution < 1.29 is 9.90 Å². The summed E-state index contributed by atoms with van der Waals surface area (Å²) in [6.07, 6.45) is 3.67. The van der Waals surface area contributed by atoms with E-state index in [1.807, 2.05) is 4.68 Å². The summed E-state index contributed by atoms with van der Waals surface area (Å²) in [5.74, 6) is -0.369. The van der Waals surface area contributed by atoms with Crippen LogP contribution in [0.5, 0.6) is 0 Å². The molecule has 0 radical (unpaired) electrons. The van der Waals surface area contributed by atoms with E-state index in [0.717, 1.165) is 18.0 Å². The molecule has 1 aliphatic rings. The first-order valence-electron chi connectivity index (χ1n) is 5.78. The van der Waals surface area contributed by atoms with Crippen LogP contribution in [0.1, 0.15) is 29.4 Å². The molecule has 0 aliphatic heterocycles. The fourth-order valence-corrected chi connectivity index (χ4v) is 2.44. The van der Waals surface area contributed by atoms with Crippen LogP contribution in [0.25, 0.3) is 0 Å². The van der Waals surface area contributed by atoms with Gasteiger partial charge >= 0.3 is 5.97 Å². The van der Waals surface area contributed by atoms with Crippen LogP contribution in [-0.4, -0.2) is 52.0 Å². The first kappa shape index (κ1) is 12.1. The summed E-state index contributed by atoms with van der Waals surface area (Å²) in [6.45, 7) is 0.558. The monoisotopic (exact) mass is 281 g/mol. The smallest absolute Gasteiger partial charge is 0.358 e. The summed E-state index contributed by atoms with van der Waals surface area (Å²) >= 11 is 1.53. The molecule has 9 nitrogen and oxygen atoms in total. The van der Waals surface area contributed by atoms with Gasteiger partial charge in [-0.1, -0.05) is 17.0 Å². The van der Waals surface area contributed by atoms with Gasteiger partial charge in [-0.3, -0.25) is 4.68 Å². The highest BCUT2D eigenvalue weighted by molar-refractivity contribution is 7.99. The maximum Gasteiger partial charge on any atom is 0.358 e. The van der Waals surface area contributed by atoms with Gasteiger partial charge in [-0.25, -0.2) is 9.48 Å². The molecule has 2 aromatic rings. The minimum absolute atomic E-state index is 0.0483. The number of rotatable bonds is 6. The van der Waals surface area contributed by atoms with Crippen molar-refractivity contribution in [3.8, 4) is 0 Å². The molecule has 0 aromatic carbocycles. The first-order chi connectivity index (χ1) is 9.24. The fourth-order valence-electron chi connectivity index (χ4n) is 1.56. The van der Waals surface area contributed by atoms with Gasteiger partial charge in [0.25, 0.3) is 0 Å². The van der Waals surface area contributed by atoms with Gasteiger partial charge in [-0.2, -0.15) is 0 Å². The van der Waals surface area contributed by atoms with Gasteiger partial charge < -0.3 is 5.11 Å². The van der Waals surface area contributed by atoms with Gasteiger partial charge in [0.2, 0.25) is 5.16 Å². The van der Waals surface area contributed by atoms with Crippen LogP contribution in [0, 0.1) is 0 Å². The average Bonchev–Trinajstić information content (AvgIpc) is 2.94. The summed E-state index contributed by atoms with van der Waals surface area (Å²) < 4.78 is 3.34. The lowest BCUT2D eigenvalue weighted by Gasteiger charge is -2.01. The molecule has 1 aliphatic carbocycles. The SMILES string of the molecule is O=C(O)c1cn(CCSc2nnnn2C2CC2)nn1. The summed E-state index contributed by atoms with van der Waals surface area (Å²) in [7, 11) is 0. The Morgan fingerprint density at radius 1 is 1.42 bits per heavy atom. The largest absolute Gasteiger partial charge is 0.476 e. The van der Waals surface area contributed by atoms with E-state index in [1.54, 1.807) is 0 Å². The Bertz CT molecular complexity index is 591. The Morgan fingerprint density at radius 3 is 2.95 bits per heavy atom. The normalized spacial score (nSPS) is 14.7. The Labute approximate surface area is 112 Å². The van der Waals surface area contributed by atoms with Crippen molar-refractivity contribution in [3.63, 3.8) is 0 Å². The molecule has 0 unspecified atom stereocenters. The molecule has 10 heteroatoms. The topological polar surface area (TPSA) is 112 Å². The molecule has 3 rings (SSSR count). The van der Waals surface area contributed by atoms with E-state index < -0.39 is 5.97 Å². The molecule has 1 N–H and O–H groups in total. The number of aromatic carboxylic acids is 1. The lowest BCUT2D eigenvalue weighted by molar-refractivity contribution is 0.0690. The number of carboxylic acids is 1. The zero-order valence-corrected chi connectivity index (χ0v) is 10.7. The molecule has 1 fully saturated rings. The molecular weight excluding hydrogens is 270 g/mol. The van der Waals surface area contributed by atoms with Crippen LogP contribution >= 0.6 is 11.8 Å². The summed E-state index contributed by atoms with van der Waals surface area (Å²) in [5.41, 5.74) is -0.0483. The third kappa shape index (κ3) is 2.72. The van der Waals surface area contributed by atoms with Gasteiger partial charge in [0, 0.05) is 5.75 Å². The molecule has 0 bridgehead atoms. The maximum absolute atomic E-state index is 10.7. The molecule has 100 valence electrons. The highest BCUT2D eigenvalue weighted by Crippen LogP contribution is 2.36. The van der Waals surface area contributed by atoms with Gasteiger partial charge in [-0.15, -0.1) is 10.2 Å². The zero-order chi connectivity index (χ0) is 13.2. The van der Waals surface area contributed by atoms with Crippen LogP contribution in [0.3, 0.4) is 0 Å². The molecule has 2 aromatic heterocycles.